The van der Waals surface area contributed by atoms with Crippen LogP contribution in [0.5, 0.6) is 11.5 Å². The maximum absolute atomic E-state index is 5.98. The van der Waals surface area contributed by atoms with Crippen LogP contribution in [0.3, 0.4) is 0 Å². The number of rotatable bonds is 5. The van der Waals surface area contributed by atoms with E-state index in [9.17, 15) is 0 Å². The molecule has 20 heavy (non-hydrogen) atoms. The highest BCUT2D eigenvalue weighted by molar-refractivity contribution is 6.42. The zero-order valence-corrected chi connectivity index (χ0v) is 12.5. The quantitative estimate of drug-likeness (QED) is 0.904. The molecule has 0 amide bonds. The van der Waals surface area contributed by atoms with Gasteiger partial charge in [-0.3, -0.25) is 0 Å². The molecule has 0 fully saturated rings. The van der Waals surface area contributed by atoms with Crippen molar-refractivity contribution >= 4 is 23.2 Å². The van der Waals surface area contributed by atoms with E-state index in [0.29, 0.717) is 22.3 Å². The summed E-state index contributed by atoms with van der Waals surface area (Å²) >= 11 is 11.9. The molecule has 0 bridgehead atoms. The molecule has 0 aliphatic rings. The third-order valence-electron chi connectivity index (χ3n) is 2.87. The second-order valence-corrected chi connectivity index (χ2v) is 4.97. The molecule has 0 saturated carbocycles. The van der Waals surface area contributed by atoms with Crippen LogP contribution in [0, 0.1) is 0 Å². The topological polar surface area (TPSA) is 44.5 Å². The molecule has 0 spiro atoms. The van der Waals surface area contributed by atoms with E-state index in [1.165, 1.54) is 0 Å². The Bertz CT molecular complexity index is 590. The van der Waals surface area contributed by atoms with Crippen molar-refractivity contribution in [3.63, 3.8) is 0 Å². The number of halogens is 2. The van der Waals surface area contributed by atoms with Gasteiger partial charge in [0.25, 0.3) is 0 Å². The van der Waals surface area contributed by atoms with Gasteiger partial charge in [-0.2, -0.15) is 0 Å². The van der Waals surface area contributed by atoms with Crippen molar-refractivity contribution in [1.29, 1.82) is 0 Å². The van der Waals surface area contributed by atoms with Crippen molar-refractivity contribution in [2.24, 2.45) is 5.73 Å². The molecule has 3 nitrogen and oxygen atoms in total. The van der Waals surface area contributed by atoms with E-state index in [4.69, 9.17) is 38.4 Å². The number of ether oxygens (including phenoxy) is 2. The molecule has 2 aromatic carbocycles. The lowest BCUT2D eigenvalue weighted by atomic mass is 10.1. The summed E-state index contributed by atoms with van der Waals surface area (Å²) in [6, 6.07) is 12.7. The monoisotopic (exact) mass is 311 g/mol. The standard InChI is InChI=1S/C15H15Cl2NO2/c1-19-14-5-3-2-4-11(14)15(9-18)20-10-6-7-12(16)13(17)8-10/h2-8,15H,9,18H2,1H3. The number of benzene rings is 2. The van der Waals surface area contributed by atoms with Gasteiger partial charge in [0, 0.05) is 18.2 Å². The second kappa shape index (κ2) is 6.84. The molecule has 106 valence electrons. The second-order valence-electron chi connectivity index (χ2n) is 4.16. The van der Waals surface area contributed by atoms with Crippen LogP contribution in [0.15, 0.2) is 42.5 Å². The summed E-state index contributed by atoms with van der Waals surface area (Å²) in [4.78, 5) is 0. The van der Waals surface area contributed by atoms with Gasteiger partial charge >= 0.3 is 0 Å². The van der Waals surface area contributed by atoms with Gasteiger partial charge in [0.15, 0.2) is 0 Å². The smallest absolute Gasteiger partial charge is 0.139 e. The average molecular weight is 312 g/mol. The van der Waals surface area contributed by atoms with Gasteiger partial charge in [-0.05, 0) is 18.2 Å². The highest BCUT2D eigenvalue weighted by Crippen LogP contribution is 2.31. The van der Waals surface area contributed by atoms with E-state index >= 15 is 0 Å². The molecule has 0 aliphatic heterocycles. The first-order chi connectivity index (χ1) is 9.65. The summed E-state index contributed by atoms with van der Waals surface area (Å²) in [6.07, 6.45) is -0.316. The van der Waals surface area contributed by atoms with Crippen LogP contribution in [-0.2, 0) is 0 Å². The van der Waals surface area contributed by atoms with Crippen LogP contribution in [0.4, 0.5) is 0 Å². The van der Waals surface area contributed by atoms with Crippen LogP contribution in [0.25, 0.3) is 0 Å². The van der Waals surface area contributed by atoms with Gasteiger partial charge in [0.1, 0.15) is 17.6 Å². The molecule has 0 aromatic heterocycles. The van der Waals surface area contributed by atoms with E-state index < -0.39 is 0 Å². The number of methoxy groups -OCH3 is 1. The summed E-state index contributed by atoms with van der Waals surface area (Å²) in [7, 11) is 1.62. The third kappa shape index (κ3) is 3.37. The third-order valence-corrected chi connectivity index (χ3v) is 3.61. The first-order valence-electron chi connectivity index (χ1n) is 6.10. The Labute approximate surface area is 128 Å². The van der Waals surface area contributed by atoms with E-state index in [1.54, 1.807) is 25.3 Å². The molecule has 5 heteroatoms. The van der Waals surface area contributed by atoms with Crippen molar-refractivity contribution in [1.82, 2.24) is 0 Å². The van der Waals surface area contributed by atoms with Crippen molar-refractivity contribution in [3.8, 4) is 11.5 Å². The zero-order chi connectivity index (χ0) is 14.5. The minimum absolute atomic E-state index is 0.316. The summed E-state index contributed by atoms with van der Waals surface area (Å²) in [5.74, 6) is 1.35. The van der Waals surface area contributed by atoms with Crippen molar-refractivity contribution in [3.05, 3.63) is 58.1 Å². The Kier molecular flexibility index (Phi) is 5.12. The molecule has 2 aromatic rings. The van der Waals surface area contributed by atoms with Crippen LogP contribution in [-0.4, -0.2) is 13.7 Å². The maximum atomic E-state index is 5.98. The Hall–Kier alpha value is -1.42. The fraction of sp³-hybridized carbons (Fsp3) is 0.200. The molecule has 0 aliphatic carbocycles. The van der Waals surface area contributed by atoms with E-state index in [0.717, 1.165) is 11.3 Å². The molecule has 0 heterocycles. The van der Waals surface area contributed by atoms with Crippen molar-refractivity contribution in [2.45, 2.75) is 6.10 Å². The molecular formula is C15H15Cl2NO2. The van der Waals surface area contributed by atoms with E-state index in [2.05, 4.69) is 0 Å². The Morgan fingerprint density at radius 2 is 1.85 bits per heavy atom. The van der Waals surface area contributed by atoms with Gasteiger partial charge in [-0.1, -0.05) is 41.4 Å². The van der Waals surface area contributed by atoms with Crippen LogP contribution in [0.1, 0.15) is 11.7 Å². The lowest BCUT2D eigenvalue weighted by molar-refractivity contribution is 0.209. The normalized spacial score (nSPS) is 12.0. The molecule has 0 radical (unpaired) electrons. The molecule has 1 unspecified atom stereocenters. The largest absolute Gasteiger partial charge is 0.496 e. The summed E-state index contributed by atoms with van der Waals surface area (Å²) < 4.78 is 11.2. The van der Waals surface area contributed by atoms with Crippen molar-refractivity contribution in [2.75, 3.05) is 13.7 Å². The first-order valence-corrected chi connectivity index (χ1v) is 6.86. The summed E-state index contributed by atoms with van der Waals surface area (Å²) in [5, 5.41) is 0.931. The summed E-state index contributed by atoms with van der Waals surface area (Å²) in [5.41, 5.74) is 6.70. The average Bonchev–Trinajstić information content (AvgIpc) is 2.48. The maximum Gasteiger partial charge on any atom is 0.139 e. The Balaban J connectivity index is 2.26. The van der Waals surface area contributed by atoms with Gasteiger partial charge < -0.3 is 15.2 Å². The van der Waals surface area contributed by atoms with Crippen LogP contribution in [0.2, 0.25) is 10.0 Å². The van der Waals surface area contributed by atoms with Gasteiger partial charge in [0.2, 0.25) is 0 Å². The predicted octanol–water partition coefficient (Wildman–Crippen LogP) is 4.08. The number of hydrogen-bond donors (Lipinski definition) is 1. The summed E-state index contributed by atoms with van der Waals surface area (Å²) in [6.45, 7) is 0.320. The Morgan fingerprint density at radius 1 is 1.10 bits per heavy atom. The SMILES string of the molecule is COc1ccccc1C(CN)Oc1ccc(Cl)c(Cl)c1. The fourth-order valence-electron chi connectivity index (χ4n) is 1.89. The van der Waals surface area contributed by atoms with Crippen molar-refractivity contribution < 1.29 is 9.47 Å². The lowest BCUT2D eigenvalue weighted by Gasteiger charge is -2.20. The molecule has 2 N–H and O–H groups in total. The van der Waals surface area contributed by atoms with Crippen LogP contribution >= 0.6 is 23.2 Å². The number of hydrogen-bond acceptors (Lipinski definition) is 3. The highest BCUT2D eigenvalue weighted by atomic mass is 35.5. The molecular weight excluding hydrogens is 297 g/mol. The zero-order valence-electron chi connectivity index (χ0n) is 11.0. The van der Waals surface area contributed by atoms with E-state index in [1.807, 2.05) is 24.3 Å². The van der Waals surface area contributed by atoms with Gasteiger partial charge in [-0.25, -0.2) is 0 Å². The minimum Gasteiger partial charge on any atom is -0.496 e. The minimum atomic E-state index is -0.316. The van der Waals surface area contributed by atoms with Gasteiger partial charge in [0.05, 0.1) is 17.2 Å². The molecule has 2 rings (SSSR count). The Morgan fingerprint density at radius 3 is 2.50 bits per heavy atom. The lowest BCUT2D eigenvalue weighted by Crippen LogP contribution is -2.19. The highest BCUT2D eigenvalue weighted by Gasteiger charge is 2.16. The predicted molar refractivity (Wildman–Crippen MR) is 81.9 cm³/mol. The van der Waals surface area contributed by atoms with Gasteiger partial charge in [-0.15, -0.1) is 0 Å². The fourth-order valence-corrected chi connectivity index (χ4v) is 2.17. The molecule has 0 saturated heterocycles. The molecule has 1 atom stereocenters. The number of nitrogens with two attached hydrogens (primary N) is 1. The first kappa shape index (κ1) is 15.0. The number of para-hydroxylation sites is 1. The van der Waals surface area contributed by atoms with E-state index in [-0.39, 0.29) is 6.10 Å². The van der Waals surface area contributed by atoms with Crippen LogP contribution < -0.4 is 15.2 Å².